The highest BCUT2D eigenvalue weighted by Gasteiger charge is 2.26. The number of nitrogens with zero attached hydrogens (tertiary/aromatic N) is 3. The Morgan fingerprint density at radius 2 is 2.17 bits per heavy atom. The van der Waals surface area contributed by atoms with Crippen LogP contribution in [0.4, 0.5) is 5.69 Å². The number of carbonyl (C=O) groups is 1. The van der Waals surface area contributed by atoms with Gasteiger partial charge in [0.05, 0.1) is 0 Å². The molecule has 5 heteroatoms. The predicted octanol–water partition coefficient (Wildman–Crippen LogP) is 2.65. The van der Waals surface area contributed by atoms with Crippen molar-refractivity contribution in [2.45, 2.75) is 31.7 Å². The van der Waals surface area contributed by atoms with Gasteiger partial charge in [-0.2, -0.15) is 5.10 Å². The molecule has 0 atom stereocenters. The third-order valence-corrected chi connectivity index (χ3v) is 4.20. The molecule has 1 amide bonds. The second-order valence-electron chi connectivity index (χ2n) is 6.31. The maximum Gasteiger partial charge on any atom is 0.251 e. The van der Waals surface area contributed by atoms with Gasteiger partial charge in [-0.05, 0) is 43.5 Å². The Hall–Kier alpha value is -2.30. The highest BCUT2D eigenvalue weighted by atomic mass is 16.1. The SMILES string of the molecule is CN(C)c1cccc(C(=O)NCCCn2nccc2C2CC2)c1. The van der Waals surface area contributed by atoms with Crippen LogP contribution >= 0.6 is 0 Å². The van der Waals surface area contributed by atoms with Crippen molar-refractivity contribution in [3.05, 3.63) is 47.8 Å². The van der Waals surface area contributed by atoms with Crippen molar-refractivity contribution < 1.29 is 4.79 Å². The van der Waals surface area contributed by atoms with E-state index < -0.39 is 0 Å². The summed E-state index contributed by atoms with van der Waals surface area (Å²) in [5.41, 5.74) is 3.08. The van der Waals surface area contributed by atoms with Crippen molar-refractivity contribution in [2.75, 3.05) is 25.5 Å². The molecule has 1 aliphatic carbocycles. The molecule has 1 aliphatic rings. The fourth-order valence-electron chi connectivity index (χ4n) is 2.71. The molecule has 2 aromatic rings. The standard InChI is InChI=1S/C18H24N4O/c1-21(2)16-6-3-5-15(13-16)18(23)19-10-4-12-22-17(9-11-20-22)14-7-8-14/h3,5-6,9,11,13-14H,4,7-8,10,12H2,1-2H3,(H,19,23). The average Bonchev–Trinajstić information content (AvgIpc) is 3.30. The van der Waals surface area contributed by atoms with E-state index >= 15 is 0 Å². The number of aryl methyl sites for hydroxylation is 1. The smallest absolute Gasteiger partial charge is 0.251 e. The number of aromatic nitrogens is 2. The summed E-state index contributed by atoms with van der Waals surface area (Å²) in [6, 6.07) is 9.78. The normalized spacial score (nSPS) is 13.8. The largest absolute Gasteiger partial charge is 0.378 e. The first-order chi connectivity index (χ1) is 11.1. The summed E-state index contributed by atoms with van der Waals surface area (Å²) in [5, 5.41) is 7.38. The maximum atomic E-state index is 12.2. The van der Waals surface area contributed by atoms with Crippen LogP contribution in [0.3, 0.4) is 0 Å². The van der Waals surface area contributed by atoms with Crippen LogP contribution in [0, 0.1) is 0 Å². The Labute approximate surface area is 137 Å². The zero-order chi connectivity index (χ0) is 16.2. The van der Waals surface area contributed by atoms with Crippen LogP contribution in [0.15, 0.2) is 36.5 Å². The number of benzene rings is 1. The van der Waals surface area contributed by atoms with Crippen molar-refractivity contribution in [2.24, 2.45) is 0 Å². The van der Waals surface area contributed by atoms with Crippen LogP contribution in [0.1, 0.15) is 41.2 Å². The molecule has 5 nitrogen and oxygen atoms in total. The monoisotopic (exact) mass is 312 g/mol. The van der Waals surface area contributed by atoms with Gasteiger partial charge in [0.1, 0.15) is 0 Å². The van der Waals surface area contributed by atoms with E-state index in [9.17, 15) is 4.79 Å². The molecule has 1 fully saturated rings. The average molecular weight is 312 g/mol. The fourth-order valence-corrected chi connectivity index (χ4v) is 2.71. The van der Waals surface area contributed by atoms with E-state index in [1.54, 1.807) is 0 Å². The van der Waals surface area contributed by atoms with Gasteiger partial charge in [-0.25, -0.2) is 0 Å². The first-order valence-electron chi connectivity index (χ1n) is 8.22. The molecule has 1 aromatic carbocycles. The van der Waals surface area contributed by atoms with Crippen LogP contribution in [0.25, 0.3) is 0 Å². The molecule has 0 unspecified atom stereocenters. The molecule has 1 aromatic heterocycles. The van der Waals surface area contributed by atoms with Gasteiger partial charge in [0.15, 0.2) is 0 Å². The van der Waals surface area contributed by atoms with E-state index in [4.69, 9.17) is 0 Å². The first kappa shape index (κ1) is 15.6. The molecule has 1 N–H and O–H groups in total. The molecule has 0 radical (unpaired) electrons. The highest BCUT2D eigenvalue weighted by molar-refractivity contribution is 5.95. The van der Waals surface area contributed by atoms with E-state index in [-0.39, 0.29) is 5.91 Å². The minimum Gasteiger partial charge on any atom is -0.378 e. The van der Waals surface area contributed by atoms with E-state index in [1.165, 1.54) is 18.5 Å². The lowest BCUT2D eigenvalue weighted by atomic mass is 10.2. The van der Waals surface area contributed by atoms with Crippen molar-refractivity contribution in [1.29, 1.82) is 0 Å². The summed E-state index contributed by atoms with van der Waals surface area (Å²) >= 11 is 0. The lowest BCUT2D eigenvalue weighted by molar-refractivity contribution is 0.0952. The molecular formula is C18H24N4O. The molecule has 0 saturated heterocycles. The Morgan fingerprint density at radius 3 is 2.91 bits per heavy atom. The molecule has 122 valence electrons. The number of nitrogens with one attached hydrogen (secondary N) is 1. The fraction of sp³-hybridized carbons (Fsp3) is 0.444. The Balaban J connectivity index is 1.47. The van der Waals surface area contributed by atoms with Gasteiger partial charge in [0.25, 0.3) is 5.91 Å². The molecule has 1 heterocycles. The van der Waals surface area contributed by atoms with Crippen LogP contribution in [0.2, 0.25) is 0 Å². The summed E-state index contributed by atoms with van der Waals surface area (Å²) in [7, 11) is 3.94. The minimum atomic E-state index is -0.0171. The van der Waals surface area contributed by atoms with E-state index in [2.05, 4.69) is 21.2 Å². The first-order valence-corrected chi connectivity index (χ1v) is 8.22. The second-order valence-corrected chi connectivity index (χ2v) is 6.31. The lowest BCUT2D eigenvalue weighted by Gasteiger charge is -2.13. The van der Waals surface area contributed by atoms with Gasteiger partial charge < -0.3 is 10.2 Å². The summed E-state index contributed by atoms with van der Waals surface area (Å²) in [6.45, 7) is 1.52. The molecule has 3 rings (SSSR count). The predicted molar refractivity (Wildman–Crippen MR) is 91.9 cm³/mol. The quantitative estimate of drug-likeness (QED) is 0.800. The Morgan fingerprint density at radius 1 is 1.35 bits per heavy atom. The number of anilines is 1. The van der Waals surface area contributed by atoms with E-state index in [0.29, 0.717) is 18.0 Å². The molecule has 23 heavy (non-hydrogen) atoms. The van der Waals surface area contributed by atoms with E-state index in [0.717, 1.165) is 18.7 Å². The third-order valence-electron chi connectivity index (χ3n) is 4.20. The van der Waals surface area contributed by atoms with E-state index in [1.807, 2.05) is 49.5 Å². The van der Waals surface area contributed by atoms with Crippen LogP contribution in [-0.4, -0.2) is 36.3 Å². The summed E-state index contributed by atoms with van der Waals surface area (Å²) in [4.78, 5) is 14.2. The van der Waals surface area contributed by atoms with Gasteiger partial charge in [0.2, 0.25) is 0 Å². The van der Waals surface area contributed by atoms with Crippen LogP contribution < -0.4 is 10.2 Å². The Kier molecular flexibility index (Phi) is 4.65. The number of rotatable bonds is 7. The highest BCUT2D eigenvalue weighted by Crippen LogP contribution is 2.39. The van der Waals surface area contributed by atoms with Gasteiger partial charge in [-0.15, -0.1) is 0 Å². The summed E-state index contributed by atoms with van der Waals surface area (Å²) in [5.74, 6) is 0.692. The maximum absolute atomic E-state index is 12.2. The molecule has 1 saturated carbocycles. The Bertz CT molecular complexity index is 673. The third kappa shape index (κ3) is 3.92. The van der Waals surface area contributed by atoms with Crippen LogP contribution in [0.5, 0.6) is 0 Å². The topological polar surface area (TPSA) is 50.2 Å². The van der Waals surface area contributed by atoms with Gasteiger partial charge in [-0.3, -0.25) is 9.48 Å². The number of hydrogen-bond donors (Lipinski definition) is 1. The zero-order valence-electron chi connectivity index (χ0n) is 13.8. The van der Waals surface area contributed by atoms with Crippen molar-refractivity contribution in [3.8, 4) is 0 Å². The van der Waals surface area contributed by atoms with Gasteiger partial charge in [-0.1, -0.05) is 6.07 Å². The minimum absolute atomic E-state index is 0.0171. The number of hydrogen-bond acceptors (Lipinski definition) is 3. The molecular weight excluding hydrogens is 288 g/mol. The van der Waals surface area contributed by atoms with Crippen molar-refractivity contribution in [1.82, 2.24) is 15.1 Å². The van der Waals surface area contributed by atoms with Crippen molar-refractivity contribution in [3.63, 3.8) is 0 Å². The molecule has 0 bridgehead atoms. The van der Waals surface area contributed by atoms with Gasteiger partial charge >= 0.3 is 0 Å². The van der Waals surface area contributed by atoms with Crippen LogP contribution in [-0.2, 0) is 6.54 Å². The summed E-state index contributed by atoms with van der Waals surface area (Å²) in [6.07, 6.45) is 5.33. The van der Waals surface area contributed by atoms with Gasteiger partial charge in [0, 0.05) is 56.2 Å². The molecule has 0 spiro atoms. The van der Waals surface area contributed by atoms with Crippen molar-refractivity contribution >= 4 is 11.6 Å². The number of amides is 1. The summed E-state index contributed by atoms with van der Waals surface area (Å²) < 4.78 is 2.08. The zero-order valence-corrected chi connectivity index (χ0v) is 13.8. The number of carbonyl (C=O) groups excluding carboxylic acids is 1. The molecule has 0 aliphatic heterocycles. The lowest BCUT2D eigenvalue weighted by Crippen LogP contribution is -2.25. The second kappa shape index (κ2) is 6.86.